The van der Waals surface area contributed by atoms with Gasteiger partial charge in [0.15, 0.2) is 11.5 Å². The molecule has 1 aliphatic heterocycles. The molecule has 31 heavy (non-hydrogen) atoms. The molecular weight excluding hydrogens is 402 g/mol. The molecule has 1 saturated heterocycles. The van der Waals surface area contributed by atoms with Crippen LogP contribution in [0.3, 0.4) is 0 Å². The van der Waals surface area contributed by atoms with Gasteiger partial charge < -0.3 is 19.3 Å². The Labute approximate surface area is 178 Å². The third-order valence-corrected chi connectivity index (χ3v) is 5.31. The molecule has 0 N–H and O–H groups in total. The predicted molar refractivity (Wildman–Crippen MR) is 114 cm³/mol. The SMILES string of the molecule is COc1cc2ncnc(N3CCN(C(=O)c4ccc([N+](=O)[O-])cc4)CC3)c2cc1OC. The molecule has 10 nitrogen and oxygen atoms in total. The minimum Gasteiger partial charge on any atom is -0.493 e. The van der Waals surface area contributed by atoms with Crippen molar-refractivity contribution in [2.45, 2.75) is 0 Å². The van der Waals surface area contributed by atoms with E-state index in [4.69, 9.17) is 9.47 Å². The minimum atomic E-state index is -0.482. The summed E-state index contributed by atoms with van der Waals surface area (Å²) in [6.07, 6.45) is 1.51. The standard InChI is InChI=1S/C21H21N5O5/c1-30-18-11-16-17(12-19(18)31-2)22-13-23-20(16)24-7-9-25(10-8-24)21(27)14-3-5-15(6-4-14)26(28)29/h3-6,11-13H,7-10H2,1-2H3. The van der Waals surface area contributed by atoms with E-state index in [2.05, 4.69) is 14.9 Å². The van der Waals surface area contributed by atoms with Crippen LogP contribution in [0.4, 0.5) is 11.5 Å². The van der Waals surface area contributed by atoms with Crippen molar-refractivity contribution in [2.24, 2.45) is 0 Å². The Kier molecular flexibility index (Phi) is 5.52. The maximum Gasteiger partial charge on any atom is 0.269 e. The summed E-state index contributed by atoms with van der Waals surface area (Å²) < 4.78 is 10.8. The number of carbonyl (C=O) groups excluding carboxylic acids is 1. The molecule has 10 heteroatoms. The second-order valence-electron chi connectivity index (χ2n) is 7.00. The first-order valence-corrected chi connectivity index (χ1v) is 9.67. The highest BCUT2D eigenvalue weighted by Crippen LogP contribution is 2.35. The maximum absolute atomic E-state index is 12.8. The van der Waals surface area contributed by atoms with Gasteiger partial charge in [-0.25, -0.2) is 9.97 Å². The van der Waals surface area contributed by atoms with Gasteiger partial charge in [-0.1, -0.05) is 0 Å². The molecule has 1 aliphatic rings. The number of non-ortho nitro benzene ring substituents is 1. The minimum absolute atomic E-state index is 0.0379. The topological polar surface area (TPSA) is 111 Å². The predicted octanol–water partition coefficient (Wildman–Crippen LogP) is 2.52. The lowest BCUT2D eigenvalue weighted by molar-refractivity contribution is -0.384. The lowest BCUT2D eigenvalue weighted by atomic mass is 10.1. The number of ether oxygens (including phenoxy) is 2. The van der Waals surface area contributed by atoms with E-state index in [1.807, 2.05) is 12.1 Å². The van der Waals surface area contributed by atoms with Crippen LogP contribution >= 0.6 is 0 Å². The number of nitrogens with zero attached hydrogens (tertiary/aromatic N) is 5. The molecule has 0 saturated carbocycles. The molecule has 0 atom stereocenters. The van der Waals surface area contributed by atoms with Gasteiger partial charge >= 0.3 is 0 Å². The average Bonchev–Trinajstić information content (AvgIpc) is 2.82. The van der Waals surface area contributed by atoms with E-state index in [1.165, 1.54) is 30.6 Å². The highest BCUT2D eigenvalue weighted by atomic mass is 16.6. The zero-order valence-electron chi connectivity index (χ0n) is 17.1. The first-order valence-electron chi connectivity index (χ1n) is 9.67. The van der Waals surface area contributed by atoms with Crippen LogP contribution in [-0.2, 0) is 0 Å². The molecule has 3 aromatic rings. The molecular formula is C21H21N5O5. The van der Waals surface area contributed by atoms with Crippen molar-refractivity contribution in [2.75, 3.05) is 45.3 Å². The number of nitro benzene ring substituents is 1. The molecule has 160 valence electrons. The van der Waals surface area contributed by atoms with Gasteiger partial charge in [0, 0.05) is 55.3 Å². The van der Waals surface area contributed by atoms with Crippen molar-refractivity contribution >= 4 is 28.3 Å². The highest BCUT2D eigenvalue weighted by Gasteiger charge is 2.25. The zero-order chi connectivity index (χ0) is 22.0. The van der Waals surface area contributed by atoms with Crippen molar-refractivity contribution < 1.29 is 19.2 Å². The summed E-state index contributed by atoms with van der Waals surface area (Å²) in [6.45, 7) is 2.21. The van der Waals surface area contributed by atoms with Gasteiger partial charge in [-0.2, -0.15) is 0 Å². The number of methoxy groups -OCH3 is 2. The number of piperazine rings is 1. The lowest BCUT2D eigenvalue weighted by Gasteiger charge is -2.35. The Morgan fingerprint density at radius 2 is 1.65 bits per heavy atom. The molecule has 4 rings (SSSR count). The van der Waals surface area contributed by atoms with E-state index >= 15 is 0 Å². The van der Waals surface area contributed by atoms with Gasteiger partial charge in [0.1, 0.15) is 12.1 Å². The van der Waals surface area contributed by atoms with Crippen LogP contribution in [-0.4, -0.2) is 66.1 Å². The summed E-state index contributed by atoms with van der Waals surface area (Å²) in [5.41, 5.74) is 1.14. The Morgan fingerprint density at radius 1 is 1.00 bits per heavy atom. The fourth-order valence-corrected chi connectivity index (χ4v) is 3.65. The van der Waals surface area contributed by atoms with Crippen molar-refractivity contribution in [1.29, 1.82) is 0 Å². The molecule has 0 radical (unpaired) electrons. The van der Waals surface area contributed by atoms with Gasteiger partial charge in [0.25, 0.3) is 11.6 Å². The van der Waals surface area contributed by atoms with Gasteiger partial charge in [0.05, 0.1) is 24.7 Å². The van der Waals surface area contributed by atoms with Crippen LogP contribution < -0.4 is 14.4 Å². The smallest absolute Gasteiger partial charge is 0.269 e. The highest BCUT2D eigenvalue weighted by molar-refractivity contribution is 5.95. The Balaban J connectivity index is 1.51. The Morgan fingerprint density at radius 3 is 2.26 bits per heavy atom. The monoisotopic (exact) mass is 423 g/mol. The van der Waals surface area contributed by atoms with Crippen molar-refractivity contribution in [1.82, 2.24) is 14.9 Å². The molecule has 1 amide bonds. The summed E-state index contributed by atoms with van der Waals surface area (Å²) >= 11 is 0. The third-order valence-electron chi connectivity index (χ3n) is 5.31. The number of nitro groups is 1. The molecule has 2 aromatic carbocycles. The number of anilines is 1. The van der Waals surface area contributed by atoms with E-state index < -0.39 is 4.92 Å². The van der Waals surface area contributed by atoms with E-state index in [9.17, 15) is 14.9 Å². The molecule has 1 aromatic heterocycles. The first-order chi connectivity index (χ1) is 15.0. The summed E-state index contributed by atoms with van der Waals surface area (Å²) in [7, 11) is 3.16. The lowest BCUT2D eigenvalue weighted by Crippen LogP contribution is -2.49. The number of fused-ring (bicyclic) bond motifs is 1. The van der Waals surface area contributed by atoms with Crippen molar-refractivity contribution in [3.05, 3.63) is 58.4 Å². The fourth-order valence-electron chi connectivity index (χ4n) is 3.65. The van der Waals surface area contributed by atoms with E-state index in [-0.39, 0.29) is 11.6 Å². The third kappa shape index (κ3) is 3.91. The van der Waals surface area contributed by atoms with E-state index in [0.717, 1.165) is 16.7 Å². The summed E-state index contributed by atoms with van der Waals surface area (Å²) in [6, 6.07) is 9.34. The number of rotatable bonds is 5. The first kappa shape index (κ1) is 20.3. The zero-order valence-corrected chi connectivity index (χ0v) is 17.1. The number of benzene rings is 2. The summed E-state index contributed by atoms with van der Waals surface area (Å²) in [5, 5.41) is 11.6. The second-order valence-corrected chi connectivity index (χ2v) is 7.00. The average molecular weight is 423 g/mol. The number of aromatic nitrogens is 2. The van der Waals surface area contributed by atoms with Crippen LogP contribution in [0.5, 0.6) is 11.5 Å². The number of amides is 1. The molecule has 0 aliphatic carbocycles. The van der Waals surface area contributed by atoms with E-state index in [0.29, 0.717) is 43.2 Å². The van der Waals surface area contributed by atoms with E-state index in [1.54, 1.807) is 19.1 Å². The quantitative estimate of drug-likeness (QED) is 0.455. The summed E-state index contributed by atoms with van der Waals surface area (Å²) in [5.74, 6) is 1.82. The normalized spacial score (nSPS) is 13.9. The second kappa shape index (κ2) is 8.42. The van der Waals surface area contributed by atoms with Crippen LogP contribution in [0.2, 0.25) is 0 Å². The molecule has 0 unspecified atom stereocenters. The van der Waals surface area contributed by atoms with Gasteiger partial charge in [-0.3, -0.25) is 14.9 Å². The fraction of sp³-hybridized carbons (Fsp3) is 0.286. The Bertz CT molecular complexity index is 1130. The number of hydrogen-bond acceptors (Lipinski definition) is 8. The largest absolute Gasteiger partial charge is 0.493 e. The van der Waals surface area contributed by atoms with Crippen LogP contribution in [0.15, 0.2) is 42.7 Å². The van der Waals surface area contributed by atoms with Gasteiger partial charge in [-0.15, -0.1) is 0 Å². The van der Waals surface area contributed by atoms with Crippen LogP contribution in [0, 0.1) is 10.1 Å². The number of carbonyl (C=O) groups is 1. The molecule has 0 spiro atoms. The number of hydrogen-bond donors (Lipinski definition) is 0. The van der Waals surface area contributed by atoms with Crippen LogP contribution in [0.1, 0.15) is 10.4 Å². The van der Waals surface area contributed by atoms with Gasteiger partial charge in [-0.05, 0) is 18.2 Å². The van der Waals surface area contributed by atoms with Crippen molar-refractivity contribution in [3.8, 4) is 11.5 Å². The molecule has 1 fully saturated rings. The Hall–Kier alpha value is -3.95. The van der Waals surface area contributed by atoms with Crippen LogP contribution in [0.25, 0.3) is 10.9 Å². The van der Waals surface area contributed by atoms with Gasteiger partial charge in [0.2, 0.25) is 0 Å². The maximum atomic E-state index is 12.8. The summed E-state index contributed by atoms with van der Waals surface area (Å²) in [4.78, 5) is 35.7. The molecule has 0 bridgehead atoms. The van der Waals surface area contributed by atoms with Crippen molar-refractivity contribution in [3.63, 3.8) is 0 Å². The molecule has 2 heterocycles.